The van der Waals surface area contributed by atoms with E-state index in [0.717, 1.165) is 16.7 Å². The highest BCUT2D eigenvalue weighted by molar-refractivity contribution is 5.83. The number of rotatable bonds is 12. The third kappa shape index (κ3) is 6.49. The minimum Gasteiger partial charge on any atom is -0.493 e. The van der Waals surface area contributed by atoms with Gasteiger partial charge in [0, 0.05) is 24.7 Å². The van der Waals surface area contributed by atoms with Crippen LogP contribution in [0.15, 0.2) is 83.5 Å². The fourth-order valence-corrected chi connectivity index (χ4v) is 3.57. The lowest BCUT2D eigenvalue weighted by Crippen LogP contribution is -2.09. The lowest BCUT2D eigenvalue weighted by Gasteiger charge is -2.11. The van der Waals surface area contributed by atoms with Crippen molar-refractivity contribution in [1.29, 1.82) is 0 Å². The molecule has 0 saturated heterocycles. The second-order valence-electron chi connectivity index (χ2n) is 7.83. The van der Waals surface area contributed by atoms with Gasteiger partial charge in [0.2, 0.25) is 5.89 Å². The van der Waals surface area contributed by atoms with E-state index in [1.165, 1.54) is 6.26 Å². The summed E-state index contributed by atoms with van der Waals surface area (Å²) in [5.41, 5.74) is 3.13. The third-order valence-corrected chi connectivity index (χ3v) is 5.27. The van der Waals surface area contributed by atoms with E-state index in [1.807, 2.05) is 72.8 Å². The van der Waals surface area contributed by atoms with Crippen LogP contribution in [0.5, 0.6) is 17.2 Å². The zero-order valence-electron chi connectivity index (χ0n) is 19.7. The van der Waals surface area contributed by atoms with Gasteiger partial charge in [0.25, 0.3) is 0 Å². The first-order valence-electron chi connectivity index (χ1n) is 11.2. The number of para-hydroxylation sites is 1. The topological polar surface area (TPSA) is 80.0 Å². The first-order chi connectivity index (χ1) is 17.2. The van der Waals surface area contributed by atoms with Crippen molar-refractivity contribution < 1.29 is 28.2 Å². The maximum atomic E-state index is 12.7. The Labute approximate surface area is 204 Å². The molecule has 0 aliphatic heterocycles. The van der Waals surface area contributed by atoms with Crippen LogP contribution < -0.4 is 14.2 Å². The molecule has 1 aromatic heterocycles. The summed E-state index contributed by atoms with van der Waals surface area (Å²) in [6.45, 7) is 0.526. The van der Waals surface area contributed by atoms with Crippen molar-refractivity contribution in [1.82, 2.24) is 4.98 Å². The van der Waals surface area contributed by atoms with Crippen molar-refractivity contribution in [2.45, 2.75) is 19.4 Å². The monoisotopic (exact) mass is 473 g/mol. The maximum Gasteiger partial charge on any atom is 0.226 e. The van der Waals surface area contributed by atoms with Gasteiger partial charge in [-0.25, -0.2) is 4.98 Å². The number of carbonyl (C=O) groups is 1. The normalized spacial score (nSPS) is 10.7. The summed E-state index contributed by atoms with van der Waals surface area (Å²) < 4.78 is 27.6. The number of oxazole rings is 1. The number of hydrogen-bond donors (Lipinski definition) is 0. The molecular weight excluding hydrogens is 446 g/mol. The number of Topliss-reactive ketones (excluding diaryl/α,β-unsaturated/α-hetero) is 1. The van der Waals surface area contributed by atoms with Crippen LogP contribution in [0.25, 0.3) is 11.5 Å². The fraction of sp³-hybridized carbons (Fsp3) is 0.214. The van der Waals surface area contributed by atoms with Gasteiger partial charge in [-0.05, 0) is 29.8 Å². The highest BCUT2D eigenvalue weighted by atomic mass is 16.7. The zero-order chi connectivity index (χ0) is 24.5. The van der Waals surface area contributed by atoms with E-state index in [2.05, 4.69) is 4.98 Å². The molecule has 0 atom stereocenters. The quantitative estimate of drug-likeness (QED) is 0.260. The second-order valence-corrected chi connectivity index (χ2v) is 7.83. The number of hydrogen-bond acceptors (Lipinski definition) is 7. The van der Waals surface area contributed by atoms with Gasteiger partial charge in [0.05, 0.1) is 19.2 Å². The molecule has 0 aliphatic rings. The molecule has 4 rings (SSSR count). The first-order valence-corrected chi connectivity index (χ1v) is 11.2. The summed E-state index contributed by atoms with van der Waals surface area (Å²) in [6.07, 6.45) is 1.88. The maximum absolute atomic E-state index is 12.7. The van der Waals surface area contributed by atoms with E-state index in [0.29, 0.717) is 35.4 Å². The predicted octanol–water partition coefficient (Wildman–Crippen LogP) is 5.27. The summed E-state index contributed by atoms with van der Waals surface area (Å²) in [6, 6.07) is 22.8. The van der Waals surface area contributed by atoms with E-state index in [1.54, 1.807) is 14.2 Å². The average Bonchev–Trinajstić information content (AvgIpc) is 3.35. The van der Waals surface area contributed by atoms with E-state index in [9.17, 15) is 4.79 Å². The standard InChI is InChI=1S/C28H27NO6/c1-31-19-35-25-11-7-6-10-21(25)14-24(30)16-23-18-34-28(29-23)22-12-13-26(32-2)27(15-22)33-17-20-8-4-3-5-9-20/h3-13,15,18H,14,16-17,19H2,1-2H3. The Balaban J connectivity index is 1.43. The van der Waals surface area contributed by atoms with Crippen LogP contribution in [0.1, 0.15) is 16.8 Å². The number of aromatic nitrogens is 1. The van der Waals surface area contributed by atoms with Gasteiger partial charge in [-0.2, -0.15) is 0 Å². The molecular formula is C28H27NO6. The Hall–Kier alpha value is -4.10. The van der Waals surface area contributed by atoms with Gasteiger partial charge in [0.1, 0.15) is 24.4 Å². The number of carbonyl (C=O) groups excluding carboxylic acids is 1. The molecule has 4 aromatic rings. The van der Waals surface area contributed by atoms with E-state index >= 15 is 0 Å². The molecule has 35 heavy (non-hydrogen) atoms. The van der Waals surface area contributed by atoms with Gasteiger partial charge in [-0.3, -0.25) is 4.79 Å². The Morgan fingerprint density at radius 1 is 0.857 bits per heavy atom. The summed E-state index contributed by atoms with van der Waals surface area (Å²) in [7, 11) is 3.15. The molecule has 0 aliphatic carbocycles. The lowest BCUT2D eigenvalue weighted by molar-refractivity contribution is -0.117. The summed E-state index contributed by atoms with van der Waals surface area (Å²) in [4.78, 5) is 17.2. The van der Waals surface area contributed by atoms with Crippen LogP contribution in [0.3, 0.4) is 0 Å². The van der Waals surface area contributed by atoms with Gasteiger partial charge >= 0.3 is 0 Å². The Morgan fingerprint density at radius 3 is 2.46 bits per heavy atom. The highest BCUT2D eigenvalue weighted by Crippen LogP contribution is 2.33. The van der Waals surface area contributed by atoms with Crippen molar-refractivity contribution in [3.63, 3.8) is 0 Å². The van der Waals surface area contributed by atoms with Crippen molar-refractivity contribution in [2.24, 2.45) is 0 Å². The minimum atomic E-state index is -0.0000637. The van der Waals surface area contributed by atoms with E-state index < -0.39 is 0 Å². The second kappa shape index (κ2) is 11.9. The summed E-state index contributed by atoms with van der Waals surface area (Å²) >= 11 is 0. The molecule has 1 heterocycles. The van der Waals surface area contributed by atoms with Gasteiger partial charge in [-0.1, -0.05) is 48.5 Å². The number of benzene rings is 3. The first kappa shape index (κ1) is 24.0. The van der Waals surface area contributed by atoms with Gasteiger partial charge in [0.15, 0.2) is 18.3 Å². The molecule has 180 valence electrons. The molecule has 0 fully saturated rings. The Kier molecular flexibility index (Phi) is 8.14. The lowest BCUT2D eigenvalue weighted by atomic mass is 10.1. The third-order valence-electron chi connectivity index (χ3n) is 5.27. The Bertz CT molecular complexity index is 1250. The number of nitrogens with zero attached hydrogens (tertiary/aromatic N) is 1. The average molecular weight is 474 g/mol. The zero-order valence-corrected chi connectivity index (χ0v) is 19.7. The van der Waals surface area contributed by atoms with Crippen LogP contribution in [-0.4, -0.2) is 31.8 Å². The Morgan fingerprint density at radius 2 is 1.66 bits per heavy atom. The molecule has 0 spiro atoms. The largest absolute Gasteiger partial charge is 0.493 e. The van der Waals surface area contributed by atoms with Crippen LogP contribution in [0, 0.1) is 0 Å². The summed E-state index contributed by atoms with van der Waals surface area (Å²) in [5, 5.41) is 0. The molecule has 0 N–H and O–H groups in total. The number of ether oxygens (including phenoxy) is 4. The van der Waals surface area contributed by atoms with Crippen LogP contribution in [0.2, 0.25) is 0 Å². The molecule has 0 bridgehead atoms. The molecule has 3 aromatic carbocycles. The minimum absolute atomic E-state index is 0.0000637. The number of ketones is 1. The van der Waals surface area contributed by atoms with Crippen molar-refractivity contribution in [2.75, 3.05) is 21.0 Å². The van der Waals surface area contributed by atoms with Gasteiger partial charge < -0.3 is 23.4 Å². The van der Waals surface area contributed by atoms with Gasteiger partial charge in [-0.15, -0.1) is 0 Å². The van der Waals surface area contributed by atoms with Crippen LogP contribution in [-0.2, 0) is 29.0 Å². The molecule has 0 amide bonds. The number of methoxy groups -OCH3 is 2. The van der Waals surface area contributed by atoms with E-state index in [4.69, 9.17) is 23.4 Å². The van der Waals surface area contributed by atoms with Crippen LogP contribution in [0.4, 0.5) is 0 Å². The van der Waals surface area contributed by atoms with E-state index in [-0.39, 0.29) is 25.4 Å². The predicted molar refractivity (Wildman–Crippen MR) is 131 cm³/mol. The van der Waals surface area contributed by atoms with Crippen LogP contribution >= 0.6 is 0 Å². The fourth-order valence-electron chi connectivity index (χ4n) is 3.57. The molecule has 0 saturated carbocycles. The molecule has 7 nitrogen and oxygen atoms in total. The van der Waals surface area contributed by atoms with Crippen molar-refractivity contribution in [3.8, 4) is 28.7 Å². The smallest absolute Gasteiger partial charge is 0.226 e. The SMILES string of the molecule is COCOc1ccccc1CC(=O)Cc1coc(-c2ccc(OC)c(OCc3ccccc3)c2)n1. The van der Waals surface area contributed by atoms with Crippen molar-refractivity contribution >= 4 is 5.78 Å². The van der Waals surface area contributed by atoms with Crippen molar-refractivity contribution in [3.05, 3.63) is 95.9 Å². The molecule has 0 unspecified atom stereocenters. The molecule has 7 heteroatoms. The summed E-state index contributed by atoms with van der Waals surface area (Å²) in [5.74, 6) is 2.23. The molecule has 0 radical (unpaired) electrons. The highest BCUT2D eigenvalue weighted by Gasteiger charge is 2.15.